The highest BCUT2D eigenvalue weighted by Gasteiger charge is 2.02. The van der Waals surface area contributed by atoms with E-state index in [2.05, 4.69) is 6.58 Å². The molecule has 0 aromatic heterocycles. The van der Waals surface area contributed by atoms with Crippen LogP contribution < -0.4 is 0 Å². The maximum absolute atomic E-state index is 8.74. The Labute approximate surface area is 84.8 Å². The SMILES string of the molecule is C=C[C@H](CCO)OCc1ccccc1. The van der Waals surface area contributed by atoms with Gasteiger partial charge >= 0.3 is 0 Å². The van der Waals surface area contributed by atoms with E-state index < -0.39 is 0 Å². The average molecular weight is 192 g/mol. The highest BCUT2D eigenvalue weighted by Crippen LogP contribution is 2.06. The van der Waals surface area contributed by atoms with Crippen LogP contribution in [-0.4, -0.2) is 17.8 Å². The van der Waals surface area contributed by atoms with Crippen LogP contribution in [-0.2, 0) is 11.3 Å². The van der Waals surface area contributed by atoms with Crippen molar-refractivity contribution < 1.29 is 9.84 Å². The molecule has 0 spiro atoms. The van der Waals surface area contributed by atoms with E-state index in [0.717, 1.165) is 5.56 Å². The molecule has 0 saturated carbocycles. The van der Waals surface area contributed by atoms with E-state index in [4.69, 9.17) is 9.84 Å². The first kappa shape index (κ1) is 11.0. The number of aliphatic hydroxyl groups excluding tert-OH is 1. The molecule has 0 aliphatic carbocycles. The van der Waals surface area contributed by atoms with Gasteiger partial charge in [0.2, 0.25) is 0 Å². The molecular formula is C12H16O2. The van der Waals surface area contributed by atoms with Crippen LogP contribution in [0.4, 0.5) is 0 Å². The van der Waals surface area contributed by atoms with E-state index in [-0.39, 0.29) is 12.7 Å². The van der Waals surface area contributed by atoms with Crippen molar-refractivity contribution in [3.8, 4) is 0 Å². The van der Waals surface area contributed by atoms with Crippen molar-refractivity contribution in [2.45, 2.75) is 19.1 Å². The fourth-order valence-corrected chi connectivity index (χ4v) is 1.17. The smallest absolute Gasteiger partial charge is 0.0779 e. The normalized spacial score (nSPS) is 12.4. The van der Waals surface area contributed by atoms with Crippen molar-refractivity contribution >= 4 is 0 Å². The summed E-state index contributed by atoms with van der Waals surface area (Å²) < 4.78 is 5.54. The Balaban J connectivity index is 2.35. The van der Waals surface area contributed by atoms with Crippen LogP contribution in [0, 0.1) is 0 Å². The lowest BCUT2D eigenvalue weighted by Crippen LogP contribution is -2.11. The van der Waals surface area contributed by atoms with Gasteiger partial charge in [-0.25, -0.2) is 0 Å². The Bertz CT molecular complexity index is 256. The van der Waals surface area contributed by atoms with Gasteiger partial charge in [-0.3, -0.25) is 0 Å². The molecule has 1 aromatic carbocycles. The molecule has 0 unspecified atom stereocenters. The molecule has 2 nitrogen and oxygen atoms in total. The number of rotatable bonds is 6. The predicted molar refractivity (Wildman–Crippen MR) is 56.9 cm³/mol. The maximum atomic E-state index is 8.74. The lowest BCUT2D eigenvalue weighted by atomic mass is 10.2. The minimum atomic E-state index is -0.0554. The molecule has 0 radical (unpaired) electrons. The number of aliphatic hydroxyl groups is 1. The predicted octanol–water partition coefficient (Wildman–Crippen LogP) is 2.14. The molecule has 14 heavy (non-hydrogen) atoms. The van der Waals surface area contributed by atoms with Gasteiger partial charge in [-0.05, 0) is 5.56 Å². The summed E-state index contributed by atoms with van der Waals surface area (Å²) in [5.74, 6) is 0. The molecule has 1 atom stereocenters. The molecule has 1 N–H and O–H groups in total. The Morgan fingerprint density at radius 3 is 2.64 bits per heavy atom. The number of hydrogen-bond acceptors (Lipinski definition) is 2. The van der Waals surface area contributed by atoms with E-state index >= 15 is 0 Å². The largest absolute Gasteiger partial charge is 0.396 e. The van der Waals surface area contributed by atoms with Gasteiger partial charge in [0.15, 0.2) is 0 Å². The second-order valence-corrected chi connectivity index (χ2v) is 3.08. The monoisotopic (exact) mass is 192 g/mol. The molecule has 1 rings (SSSR count). The Morgan fingerprint density at radius 2 is 2.07 bits per heavy atom. The fraction of sp³-hybridized carbons (Fsp3) is 0.333. The third-order valence-electron chi connectivity index (χ3n) is 1.98. The molecule has 0 fully saturated rings. The molecule has 2 heteroatoms. The molecule has 0 aliphatic rings. The number of hydrogen-bond donors (Lipinski definition) is 1. The summed E-state index contributed by atoms with van der Waals surface area (Å²) in [6.45, 7) is 4.35. The van der Waals surface area contributed by atoms with Gasteiger partial charge in [0.25, 0.3) is 0 Å². The van der Waals surface area contributed by atoms with E-state index in [9.17, 15) is 0 Å². The van der Waals surface area contributed by atoms with Gasteiger partial charge < -0.3 is 9.84 Å². The third-order valence-corrected chi connectivity index (χ3v) is 1.98. The Morgan fingerprint density at radius 1 is 1.36 bits per heavy atom. The summed E-state index contributed by atoms with van der Waals surface area (Å²) >= 11 is 0. The van der Waals surface area contributed by atoms with Crippen LogP contribution >= 0.6 is 0 Å². The molecular weight excluding hydrogens is 176 g/mol. The van der Waals surface area contributed by atoms with Gasteiger partial charge in [-0.2, -0.15) is 0 Å². The van der Waals surface area contributed by atoms with Gasteiger partial charge in [0, 0.05) is 13.0 Å². The first-order valence-electron chi connectivity index (χ1n) is 4.75. The van der Waals surface area contributed by atoms with Crippen molar-refractivity contribution in [2.75, 3.05) is 6.61 Å². The van der Waals surface area contributed by atoms with E-state index in [0.29, 0.717) is 13.0 Å². The number of ether oxygens (including phenoxy) is 1. The van der Waals surface area contributed by atoms with Gasteiger partial charge in [0.05, 0.1) is 12.7 Å². The van der Waals surface area contributed by atoms with Gasteiger partial charge in [-0.1, -0.05) is 36.4 Å². The molecule has 1 aromatic rings. The van der Waals surface area contributed by atoms with Gasteiger partial charge in [0.1, 0.15) is 0 Å². The van der Waals surface area contributed by atoms with Crippen LogP contribution in [0.3, 0.4) is 0 Å². The first-order valence-corrected chi connectivity index (χ1v) is 4.75. The third kappa shape index (κ3) is 3.73. The maximum Gasteiger partial charge on any atom is 0.0779 e. The van der Waals surface area contributed by atoms with Crippen molar-refractivity contribution in [3.05, 3.63) is 48.6 Å². The molecule has 76 valence electrons. The van der Waals surface area contributed by atoms with Crippen molar-refractivity contribution in [1.29, 1.82) is 0 Å². The van der Waals surface area contributed by atoms with Crippen molar-refractivity contribution in [1.82, 2.24) is 0 Å². The number of benzene rings is 1. The van der Waals surface area contributed by atoms with Crippen molar-refractivity contribution in [3.63, 3.8) is 0 Å². The standard InChI is InChI=1S/C12H16O2/c1-2-12(8-9-13)14-10-11-6-4-3-5-7-11/h2-7,12-13H,1,8-10H2/t12-/m1/s1. The highest BCUT2D eigenvalue weighted by molar-refractivity contribution is 5.13. The van der Waals surface area contributed by atoms with E-state index in [1.807, 2.05) is 30.3 Å². The average Bonchev–Trinajstić information content (AvgIpc) is 2.25. The van der Waals surface area contributed by atoms with Crippen LogP contribution in [0.1, 0.15) is 12.0 Å². The summed E-state index contributed by atoms with van der Waals surface area (Å²) in [6, 6.07) is 9.96. The topological polar surface area (TPSA) is 29.5 Å². The Hall–Kier alpha value is -1.12. The second-order valence-electron chi connectivity index (χ2n) is 3.08. The zero-order valence-electron chi connectivity index (χ0n) is 8.23. The summed E-state index contributed by atoms with van der Waals surface area (Å²) in [4.78, 5) is 0. The van der Waals surface area contributed by atoms with Crippen LogP contribution in [0.15, 0.2) is 43.0 Å². The fourth-order valence-electron chi connectivity index (χ4n) is 1.17. The molecule has 0 aliphatic heterocycles. The van der Waals surface area contributed by atoms with E-state index in [1.54, 1.807) is 6.08 Å². The van der Waals surface area contributed by atoms with E-state index in [1.165, 1.54) is 0 Å². The lowest BCUT2D eigenvalue weighted by Gasteiger charge is -2.12. The molecule has 0 heterocycles. The minimum absolute atomic E-state index is 0.0554. The summed E-state index contributed by atoms with van der Waals surface area (Å²) in [6.07, 6.45) is 2.27. The van der Waals surface area contributed by atoms with Gasteiger partial charge in [-0.15, -0.1) is 6.58 Å². The molecule has 0 saturated heterocycles. The van der Waals surface area contributed by atoms with Crippen LogP contribution in [0.5, 0.6) is 0 Å². The summed E-state index contributed by atoms with van der Waals surface area (Å²) in [7, 11) is 0. The lowest BCUT2D eigenvalue weighted by molar-refractivity contribution is 0.0546. The van der Waals surface area contributed by atoms with Crippen molar-refractivity contribution in [2.24, 2.45) is 0 Å². The first-order chi connectivity index (χ1) is 6.86. The van der Waals surface area contributed by atoms with Crippen LogP contribution in [0.25, 0.3) is 0 Å². The van der Waals surface area contributed by atoms with Crippen LogP contribution in [0.2, 0.25) is 0 Å². The molecule has 0 amide bonds. The zero-order valence-corrected chi connectivity index (χ0v) is 8.23. The summed E-state index contributed by atoms with van der Waals surface area (Å²) in [5, 5.41) is 8.74. The highest BCUT2D eigenvalue weighted by atomic mass is 16.5. The Kier molecular flexibility index (Phi) is 4.97. The second kappa shape index (κ2) is 6.35. The zero-order chi connectivity index (χ0) is 10.2. The minimum Gasteiger partial charge on any atom is -0.396 e. The molecule has 0 bridgehead atoms. The quantitative estimate of drug-likeness (QED) is 0.700. The summed E-state index contributed by atoms with van der Waals surface area (Å²) in [5.41, 5.74) is 1.14.